The van der Waals surface area contributed by atoms with Gasteiger partial charge in [-0.3, -0.25) is 9.20 Å². The van der Waals surface area contributed by atoms with Crippen LogP contribution in [0.2, 0.25) is 5.02 Å². The van der Waals surface area contributed by atoms with E-state index >= 15 is 0 Å². The summed E-state index contributed by atoms with van der Waals surface area (Å²) in [6.07, 6.45) is 5.68. The van der Waals surface area contributed by atoms with E-state index in [1.54, 1.807) is 40.2 Å². The van der Waals surface area contributed by atoms with Crippen molar-refractivity contribution in [1.82, 2.24) is 19.6 Å². The molecule has 1 unspecified atom stereocenters. The number of anilines is 2. The lowest BCUT2D eigenvalue weighted by Gasteiger charge is -2.17. The normalized spacial score (nSPS) is 17.9. The number of fused-ring (bicyclic) bond motifs is 1. The molecule has 116 valence electrons. The molecular weight excluding hydrogens is 316 g/mol. The van der Waals surface area contributed by atoms with Gasteiger partial charge in [0, 0.05) is 29.6 Å². The van der Waals surface area contributed by atoms with E-state index in [4.69, 9.17) is 11.6 Å². The van der Waals surface area contributed by atoms with Crippen molar-refractivity contribution in [2.75, 3.05) is 16.8 Å². The van der Waals surface area contributed by atoms with Gasteiger partial charge in [0.2, 0.25) is 11.6 Å². The van der Waals surface area contributed by atoms with Crippen molar-refractivity contribution in [3.63, 3.8) is 0 Å². The van der Waals surface area contributed by atoms with E-state index in [0.717, 1.165) is 5.69 Å². The van der Waals surface area contributed by atoms with Crippen LogP contribution in [0.15, 0.2) is 43.0 Å². The standard InChI is InChI=1S/C15H13ClN6O/c16-10-2-1-3-11(8-10)22-6-4-12(15(22)23)19-13-14-20-18-9-21(14)7-5-17-13/h1-3,5,7-9,12H,4,6H2,(H,17,19). The summed E-state index contributed by atoms with van der Waals surface area (Å²) >= 11 is 6.01. The van der Waals surface area contributed by atoms with Crippen molar-refractivity contribution in [3.8, 4) is 0 Å². The zero-order chi connectivity index (χ0) is 15.8. The highest BCUT2D eigenvalue weighted by atomic mass is 35.5. The molecule has 0 spiro atoms. The molecule has 3 heterocycles. The van der Waals surface area contributed by atoms with Crippen molar-refractivity contribution in [3.05, 3.63) is 48.0 Å². The first-order valence-corrected chi connectivity index (χ1v) is 7.58. The summed E-state index contributed by atoms with van der Waals surface area (Å²) < 4.78 is 1.75. The summed E-state index contributed by atoms with van der Waals surface area (Å²) in [7, 11) is 0. The van der Waals surface area contributed by atoms with Gasteiger partial charge in [0.05, 0.1) is 0 Å². The number of rotatable bonds is 3. The Balaban J connectivity index is 1.57. The first-order chi connectivity index (χ1) is 11.2. The predicted octanol–water partition coefficient (Wildman–Crippen LogP) is 2.00. The van der Waals surface area contributed by atoms with Crippen LogP contribution in [-0.4, -0.2) is 38.1 Å². The van der Waals surface area contributed by atoms with E-state index in [9.17, 15) is 4.79 Å². The number of halogens is 1. The Kier molecular flexibility index (Phi) is 3.34. The molecule has 23 heavy (non-hydrogen) atoms. The summed E-state index contributed by atoms with van der Waals surface area (Å²) in [6.45, 7) is 0.632. The molecule has 0 bridgehead atoms. The van der Waals surface area contributed by atoms with Crippen molar-refractivity contribution in [2.24, 2.45) is 0 Å². The Morgan fingerprint density at radius 3 is 3.13 bits per heavy atom. The second-order valence-corrected chi connectivity index (χ2v) is 5.73. The van der Waals surface area contributed by atoms with E-state index in [1.807, 2.05) is 12.1 Å². The fourth-order valence-electron chi connectivity index (χ4n) is 2.74. The van der Waals surface area contributed by atoms with Crippen LogP contribution in [0.4, 0.5) is 11.5 Å². The summed E-state index contributed by atoms with van der Waals surface area (Å²) in [4.78, 5) is 18.6. The predicted molar refractivity (Wildman–Crippen MR) is 86.6 cm³/mol. The van der Waals surface area contributed by atoms with Crippen LogP contribution in [0.1, 0.15) is 6.42 Å². The Labute approximate surface area is 136 Å². The maximum atomic E-state index is 12.6. The van der Waals surface area contributed by atoms with Crippen LogP contribution >= 0.6 is 11.6 Å². The number of nitrogens with one attached hydrogen (secondary N) is 1. The topological polar surface area (TPSA) is 75.4 Å². The minimum atomic E-state index is -0.343. The summed E-state index contributed by atoms with van der Waals surface area (Å²) in [6, 6.07) is 6.95. The van der Waals surface area contributed by atoms with E-state index in [2.05, 4.69) is 20.5 Å². The van der Waals surface area contributed by atoms with Gasteiger partial charge in [0.1, 0.15) is 12.4 Å². The molecule has 3 aromatic rings. The lowest BCUT2D eigenvalue weighted by molar-refractivity contribution is -0.117. The Morgan fingerprint density at radius 1 is 1.35 bits per heavy atom. The largest absolute Gasteiger partial charge is 0.355 e. The second-order valence-electron chi connectivity index (χ2n) is 5.29. The summed E-state index contributed by atoms with van der Waals surface area (Å²) in [5.41, 5.74) is 1.40. The molecule has 0 radical (unpaired) electrons. The van der Waals surface area contributed by atoms with Crippen LogP contribution in [0, 0.1) is 0 Å². The summed E-state index contributed by atoms with van der Waals surface area (Å²) in [5, 5.41) is 11.7. The van der Waals surface area contributed by atoms with Gasteiger partial charge in [-0.05, 0) is 24.6 Å². The highest BCUT2D eigenvalue weighted by Gasteiger charge is 2.33. The van der Waals surface area contributed by atoms with Gasteiger partial charge >= 0.3 is 0 Å². The smallest absolute Gasteiger partial charge is 0.249 e. The second kappa shape index (κ2) is 5.51. The molecule has 2 aromatic heterocycles. The van der Waals surface area contributed by atoms with Gasteiger partial charge in [-0.15, -0.1) is 10.2 Å². The van der Waals surface area contributed by atoms with Crippen LogP contribution < -0.4 is 10.2 Å². The lowest BCUT2D eigenvalue weighted by atomic mass is 10.2. The van der Waals surface area contributed by atoms with E-state index in [1.165, 1.54) is 0 Å². The molecule has 4 rings (SSSR count). The van der Waals surface area contributed by atoms with Gasteiger partial charge in [0.25, 0.3) is 0 Å². The number of aromatic nitrogens is 4. The zero-order valence-electron chi connectivity index (χ0n) is 12.1. The molecule has 1 N–H and O–H groups in total. The van der Waals surface area contributed by atoms with E-state index in [0.29, 0.717) is 29.5 Å². The van der Waals surface area contributed by atoms with Crippen molar-refractivity contribution < 1.29 is 4.79 Å². The average Bonchev–Trinajstić information content (AvgIpc) is 3.16. The zero-order valence-corrected chi connectivity index (χ0v) is 12.8. The number of nitrogens with zero attached hydrogens (tertiary/aromatic N) is 5. The molecular formula is C15H13ClN6O. The SMILES string of the molecule is O=C1C(Nc2nccn3cnnc23)CCN1c1cccc(Cl)c1. The Hall–Kier alpha value is -2.67. The van der Waals surface area contributed by atoms with Gasteiger partial charge in [0.15, 0.2) is 5.82 Å². The molecule has 0 aliphatic carbocycles. The summed E-state index contributed by atoms with van der Waals surface area (Å²) in [5.74, 6) is 0.548. The fourth-order valence-corrected chi connectivity index (χ4v) is 2.92. The number of carbonyl (C=O) groups excluding carboxylic acids is 1. The third-order valence-electron chi connectivity index (χ3n) is 3.85. The van der Waals surface area contributed by atoms with Gasteiger partial charge < -0.3 is 10.2 Å². The number of amides is 1. The number of hydrogen-bond donors (Lipinski definition) is 1. The minimum absolute atomic E-state index is 0.00409. The molecule has 1 aromatic carbocycles. The molecule has 1 saturated heterocycles. The molecule has 1 aliphatic heterocycles. The minimum Gasteiger partial charge on any atom is -0.355 e. The molecule has 7 nitrogen and oxygen atoms in total. The monoisotopic (exact) mass is 328 g/mol. The van der Waals surface area contributed by atoms with Gasteiger partial charge in [-0.1, -0.05) is 17.7 Å². The maximum Gasteiger partial charge on any atom is 0.249 e. The highest BCUT2D eigenvalue weighted by molar-refractivity contribution is 6.31. The third kappa shape index (κ3) is 2.49. The maximum absolute atomic E-state index is 12.6. The van der Waals surface area contributed by atoms with Crippen LogP contribution in [0.5, 0.6) is 0 Å². The number of hydrogen-bond acceptors (Lipinski definition) is 5. The quantitative estimate of drug-likeness (QED) is 0.796. The molecule has 1 fully saturated rings. The number of benzene rings is 1. The third-order valence-corrected chi connectivity index (χ3v) is 4.09. The van der Waals surface area contributed by atoms with Crippen LogP contribution in [0.3, 0.4) is 0 Å². The van der Waals surface area contributed by atoms with E-state index in [-0.39, 0.29) is 11.9 Å². The molecule has 8 heteroatoms. The number of carbonyl (C=O) groups is 1. The highest BCUT2D eigenvalue weighted by Crippen LogP contribution is 2.26. The van der Waals surface area contributed by atoms with Crippen LogP contribution in [0.25, 0.3) is 5.65 Å². The average molecular weight is 329 g/mol. The first-order valence-electron chi connectivity index (χ1n) is 7.20. The van der Waals surface area contributed by atoms with Crippen molar-refractivity contribution in [2.45, 2.75) is 12.5 Å². The lowest BCUT2D eigenvalue weighted by Crippen LogP contribution is -2.33. The van der Waals surface area contributed by atoms with Crippen molar-refractivity contribution in [1.29, 1.82) is 0 Å². The Bertz CT molecular complexity index is 879. The van der Waals surface area contributed by atoms with Gasteiger partial charge in [-0.2, -0.15) is 0 Å². The van der Waals surface area contributed by atoms with Crippen LogP contribution in [-0.2, 0) is 4.79 Å². The fraction of sp³-hybridized carbons (Fsp3) is 0.200. The van der Waals surface area contributed by atoms with Gasteiger partial charge in [-0.25, -0.2) is 4.98 Å². The molecule has 0 saturated carbocycles. The van der Waals surface area contributed by atoms with E-state index < -0.39 is 0 Å². The first kappa shape index (κ1) is 14.0. The van der Waals surface area contributed by atoms with Crippen molar-refractivity contribution >= 4 is 34.7 Å². The molecule has 1 aliphatic rings. The Morgan fingerprint density at radius 2 is 2.26 bits per heavy atom. The molecule has 1 amide bonds. The molecule has 1 atom stereocenters.